The van der Waals surface area contributed by atoms with Crippen molar-refractivity contribution in [1.82, 2.24) is 4.74 Å². The van der Waals surface area contributed by atoms with Crippen LogP contribution in [0.1, 0.15) is 0 Å². The molecule has 0 aliphatic heterocycles. The molecule has 0 bridgehead atoms. The van der Waals surface area contributed by atoms with Crippen molar-refractivity contribution in [3.63, 3.8) is 0 Å². The second-order valence-corrected chi connectivity index (χ2v) is 1.48. The molecule has 1 rings (SSSR count). The van der Waals surface area contributed by atoms with Crippen LogP contribution in [0.25, 0.3) is 0 Å². The molecule has 9 heavy (non-hydrogen) atoms. The van der Waals surface area contributed by atoms with Gasteiger partial charge in [-0.25, -0.2) is 0 Å². The zero-order valence-electron chi connectivity index (χ0n) is 4.83. The van der Waals surface area contributed by atoms with E-state index >= 15 is 0 Å². The summed E-state index contributed by atoms with van der Waals surface area (Å²) in [6.45, 7) is 0. The van der Waals surface area contributed by atoms with Gasteiger partial charge in [-0.1, -0.05) is 0 Å². The van der Waals surface area contributed by atoms with Gasteiger partial charge < -0.3 is 10.3 Å². The highest BCUT2D eigenvalue weighted by molar-refractivity contribution is 5.85. The first-order valence-electron chi connectivity index (χ1n) is 2.12. The van der Waals surface area contributed by atoms with Crippen LogP contribution in [0.15, 0.2) is 15.6 Å². The highest BCUT2D eigenvalue weighted by Crippen LogP contribution is 1.88. The normalized spacial score (nSPS) is 8.56. The molecule has 0 aliphatic carbocycles. The van der Waals surface area contributed by atoms with Crippen LogP contribution in [0.3, 0.4) is 0 Å². The first kappa shape index (κ1) is 8.10. The van der Waals surface area contributed by atoms with Crippen LogP contribution in [-0.2, 0) is 7.05 Å². The number of aromatic nitrogens is 1. The molecule has 0 aliphatic rings. The molecule has 2 N–H and O–H groups in total. The Kier molecular flexibility index (Phi) is 2.33. The maximum Gasteiger partial charge on any atom is 0.305 e. The maximum atomic E-state index is 10.5. The summed E-state index contributed by atoms with van der Waals surface area (Å²) in [6.07, 6.45) is 1.21. The molecule has 0 radical (unpaired) electrons. The Labute approximate surface area is 57.6 Å². The van der Waals surface area contributed by atoms with Gasteiger partial charge in [0.2, 0.25) is 0 Å². The SMILES string of the molecule is Cl.Cn1occ(N)c1=O. The van der Waals surface area contributed by atoms with Gasteiger partial charge in [-0.05, 0) is 0 Å². The summed E-state index contributed by atoms with van der Waals surface area (Å²) in [7, 11) is 1.50. The molecule has 4 nitrogen and oxygen atoms in total. The van der Waals surface area contributed by atoms with E-state index in [1.54, 1.807) is 0 Å². The predicted octanol–water partition coefficient (Wildman–Crippen LogP) is -0.0177. The lowest BCUT2D eigenvalue weighted by molar-refractivity contribution is 0.298. The third-order valence-corrected chi connectivity index (χ3v) is 0.871. The van der Waals surface area contributed by atoms with Crippen LogP contribution in [0.4, 0.5) is 5.69 Å². The minimum absolute atomic E-state index is 0. The van der Waals surface area contributed by atoms with Gasteiger partial charge in [0, 0.05) is 7.05 Å². The number of nitrogen functional groups attached to an aromatic ring is 1. The summed E-state index contributed by atoms with van der Waals surface area (Å²) in [5, 5.41) is 0. The van der Waals surface area contributed by atoms with Crippen molar-refractivity contribution in [2.75, 3.05) is 5.73 Å². The summed E-state index contributed by atoms with van der Waals surface area (Å²) < 4.78 is 5.64. The van der Waals surface area contributed by atoms with Crippen LogP contribution in [0, 0.1) is 0 Å². The Morgan fingerprint density at radius 2 is 2.33 bits per heavy atom. The van der Waals surface area contributed by atoms with Gasteiger partial charge in [0.15, 0.2) is 0 Å². The highest BCUT2D eigenvalue weighted by atomic mass is 35.5. The van der Waals surface area contributed by atoms with Crippen molar-refractivity contribution >= 4 is 18.1 Å². The Balaban J connectivity index is 0.000000640. The number of hydrogen-bond donors (Lipinski definition) is 1. The fraction of sp³-hybridized carbons (Fsp3) is 0.250. The smallest absolute Gasteiger partial charge is 0.305 e. The molecule has 1 aromatic heterocycles. The van der Waals surface area contributed by atoms with Crippen LogP contribution in [0.5, 0.6) is 0 Å². The number of aryl methyl sites for hydroxylation is 1. The molecule has 0 amide bonds. The predicted molar refractivity (Wildman–Crippen MR) is 35.6 cm³/mol. The van der Waals surface area contributed by atoms with Crippen molar-refractivity contribution in [3.05, 3.63) is 16.6 Å². The fourth-order valence-corrected chi connectivity index (χ4v) is 0.416. The zero-order valence-corrected chi connectivity index (χ0v) is 5.64. The van der Waals surface area contributed by atoms with Crippen molar-refractivity contribution < 1.29 is 4.52 Å². The summed E-state index contributed by atoms with van der Waals surface area (Å²) in [6, 6.07) is 0. The number of halogens is 1. The fourth-order valence-electron chi connectivity index (χ4n) is 0.416. The van der Waals surface area contributed by atoms with E-state index in [-0.39, 0.29) is 23.7 Å². The molecule has 0 spiro atoms. The number of rotatable bonds is 0. The molecule has 52 valence electrons. The van der Waals surface area contributed by atoms with E-state index in [0.29, 0.717) is 0 Å². The van der Waals surface area contributed by atoms with Gasteiger partial charge in [-0.3, -0.25) is 4.79 Å². The van der Waals surface area contributed by atoms with Crippen LogP contribution < -0.4 is 11.3 Å². The second-order valence-electron chi connectivity index (χ2n) is 1.48. The van der Waals surface area contributed by atoms with E-state index in [9.17, 15) is 4.79 Å². The van der Waals surface area contributed by atoms with E-state index in [4.69, 9.17) is 5.73 Å². The van der Waals surface area contributed by atoms with Crippen LogP contribution in [0.2, 0.25) is 0 Å². The van der Waals surface area contributed by atoms with Crippen molar-refractivity contribution in [2.45, 2.75) is 0 Å². The summed E-state index contributed by atoms with van der Waals surface area (Å²) in [5.41, 5.74) is 4.97. The topological polar surface area (TPSA) is 61.2 Å². The van der Waals surface area contributed by atoms with E-state index in [1.807, 2.05) is 0 Å². The van der Waals surface area contributed by atoms with E-state index in [1.165, 1.54) is 13.3 Å². The monoisotopic (exact) mass is 150 g/mol. The first-order chi connectivity index (χ1) is 3.72. The average Bonchev–Trinajstić information content (AvgIpc) is 1.98. The highest BCUT2D eigenvalue weighted by Gasteiger charge is 1.96. The minimum Gasteiger partial charge on any atom is -0.392 e. The van der Waals surface area contributed by atoms with E-state index in [2.05, 4.69) is 4.52 Å². The molecule has 1 aromatic rings. The molecule has 0 saturated carbocycles. The van der Waals surface area contributed by atoms with Crippen LogP contribution >= 0.6 is 12.4 Å². The van der Waals surface area contributed by atoms with Gasteiger partial charge in [-0.15, -0.1) is 12.4 Å². The van der Waals surface area contributed by atoms with Crippen LogP contribution in [-0.4, -0.2) is 4.74 Å². The van der Waals surface area contributed by atoms with Crippen molar-refractivity contribution in [3.8, 4) is 0 Å². The molecular formula is C4H7ClN2O2. The van der Waals surface area contributed by atoms with E-state index < -0.39 is 0 Å². The third kappa shape index (κ3) is 1.26. The summed E-state index contributed by atoms with van der Waals surface area (Å²) in [4.78, 5) is 10.5. The minimum atomic E-state index is -0.287. The largest absolute Gasteiger partial charge is 0.392 e. The van der Waals surface area contributed by atoms with Crippen molar-refractivity contribution in [2.24, 2.45) is 7.05 Å². The number of nitrogens with zero attached hydrogens (tertiary/aromatic N) is 1. The summed E-state index contributed by atoms with van der Waals surface area (Å²) in [5.74, 6) is 0. The standard InChI is InChI=1S/C4H6N2O2.ClH/c1-6-4(7)3(5)2-8-6;/h2H,5H2,1H3;1H. The molecule has 1 heterocycles. The number of nitrogens with two attached hydrogens (primary N) is 1. The molecule has 0 unspecified atom stereocenters. The Morgan fingerprint density at radius 3 is 2.44 bits per heavy atom. The molecule has 5 heteroatoms. The molecular weight excluding hydrogens is 144 g/mol. The third-order valence-electron chi connectivity index (χ3n) is 0.871. The Hall–Kier alpha value is -0.900. The maximum absolute atomic E-state index is 10.5. The first-order valence-corrected chi connectivity index (χ1v) is 2.12. The van der Waals surface area contributed by atoms with Gasteiger partial charge in [0.1, 0.15) is 12.0 Å². The number of hydrogen-bond acceptors (Lipinski definition) is 3. The lowest BCUT2D eigenvalue weighted by atomic mass is 10.6. The lowest BCUT2D eigenvalue weighted by Crippen LogP contribution is -2.12. The second kappa shape index (κ2) is 2.59. The molecule has 0 fully saturated rings. The Bertz CT molecular complexity index is 216. The van der Waals surface area contributed by atoms with Crippen molar-refractivity contribution in [1.29, 1.82) is 0 Å². The Morgan fingerprint density at radius 1 is 1.78 bits per heavy atom. The van der Waals surface area contributed by atoms with Gasteiger partial charge in [0.05, 0.1) is 0 Å². The quantitative estimate of drug-likeness (QED) is 0.566. The average molecular weight is 151 g/mol. The van der Waals surface area contributed by atoms with Gasteiger partial charge >= 0.3 is 5.56 Å². The van der Waals surface area contributed by atoms with Gasteiger partial charge in [-0.2, -0.15) is 4.74 Å². The molecule has 0 atom stereocenters. The molecule has 0 aromatic carbocycles. The lowest BCUT2D eigenvalue weighted by Gasteiger charge is -1.77. The molecule has 0 saturated heterocycles. The van der Waals surface area contributed by atoms with Gasteiger partial charge in [0.25, 0.3) is 0 Å². The zero-order chi connectivity index (χ0) is 6.15. The summed E-state index contributed by atoms with van der Waals surface area (Å²) >= 11 is 0. The van der Waals surface area contributed by atoms with E-state index in [0.717, 1.165) is 4.74 Å². The number of anilines is 1.